The van der Waals surface area contributed by atoms with Gasteiger partial charge in [0.25, 0.3) is 0 Å². The third kappa shape index (κ3) is 2.22. The standard InChI is InChI=1S/C17H15Cl2NO/c1-20-8-14-12-6-10(18)2-4-16(12)21-17-5-3-11(19)7-13(17)15(14)9-20/h2-7,14-15H,8-9H2,1H3/t14-,15-/m1/s1. The molecule has 2 aliphatic heterocycles. The maximum absolute atomic E-state index is 6.20. The lowest BCUT2D eigenvalue weighted by Crippen LogP contribution is -2.14. The molecule has 21 heavy (non-hydrogen) atoms. The van der Waals surface area contributed by atoms with Crippen LogP contribution in [0.4, 0.5) is 0 Å². The lowest BCUT2D eigenvalue weighted by molar-refractivity contribution is 0.401. The molecular formula is C17H15Cl2NO. The van der Waals surface area contributed by atoms with Crippen LogP contribution in [0.2, 0.25) is 10.0 Å². The first-order valence-electron chi connectivity index (χ1n) is 7.07. The summed E-state index contributed by atoms with van der Waals surface area (Å²) in [7, 11) is 2.16. The van der Waals surface area contributed by atoms with Crippen molar-refractivity contribution in [3.63, 3.8) is 0 Å². The second kappa shape index (κ2) is 4.91. The zero-order valence-electron chi connectivity index (χ0n) is 11.6. The van der Waals surface area contributed by atoms with Crippen LogP contribution in [0.5, 0.6) is 11.5 Å². The van der Waals surface area contributed by atoms with Crippen molar-refractivity contribution in [3.8, 4) is 11.5 Å². The molecule has 108 valence electrons. The molecule has 4 heteroatoms. The largest absolute Gasteiger partial charge is 0.457 e. The van der Waals surface area contributed by atoms with Crippen LogP contribution < -0.4 is 4.74 Å². The van der Waals surface area contributed by atoms with Gasteiger partial charge in [-0.05, 0) is 43.4 Å². The Kier molecular flexibility index (Phi) is 3.14. The number of fused-ring (bicyclic) bond motifs is 5. The molecule has 4 rings (SSSR count). The molecule has 0 bridgehead atoms. The first-order valence-corrected chi connectivity index (χ1v) is 7.83. The predicted octanol–water partition coefficient (Wildman–Crippen LogP) is 4.91. The molecule has 0 spiro atoms. The summed E-state index contributed by atoms with van der Waals surface area (Å²) in [5, 5.41) is 1.52. The molecule has 0 N–H and O–H groups in total. The summed E-state index contributed by atoms with van der Waals surface area (Å²) in [5.74, 6) is 2.60. The van der Waals surface area contributed by atoms with E-state index in [2.05, 4.69) is 11.9 Å². The molecule has 0 saturated carbocycles. The quantitative estimate of drug-likeness (QED) is 0.684. The number of benzene rings is 2. The van der Waals surface area contributed by atoms with Crippen LogP contribution in [0.25, 0.3) is 0 Å². The number of hydrogen-bond donors (Lipinski definition) is 0. The number of nitrogens with zero attached hydrogens (tertiary/aromatic N) is 1. The molecule has 2 aliphatic rings. The van der Waals surface area contributed by atoms with Gasteiger partial charge in [-0.15, -0.1) is 0 Å². The molecule has 0 amide bonds. The van der Waals surface area contributed by atoms with E-state index in [4.69, 9.17) is 27.9 Å². The molecule has 0 aromatic heterocycles. The normalized spacial score (nSPS) is 23.8. The zero-order chi connectivity index (χ0) is 14.6. The highest BCUT2D eigenvalue weighted by molar-refractivity contribution is 6.31. The smallest absolute Gasteiger partial charge is 0.131 e. The molecule has 2 heterocycles. The van der Waals surface area contributed by atoms with Gasteiger partial charge in [-0.1, -0.05) is 23.2 Å². The van der Waals surface area contributed by atoms with E-state index in [1.165, 1.54) is 11.1 Å². The van der Waals surface area contributed by atoms with Crippen molar-refractivity contribution in [2.75, 3.05) is 20.1 Å². The minimum Gasteiger partial charge on any atom is -0.457 e. The summed E-state index contributed by atoms with van der Waals surface area (Å²) in [4.78, 5) is 2.36. The zero-order valence-corrected chi connectivity index (χ0v) is 13.2. The highest BCUT2D eigenvalue weighted by atomic mass is 35.5. The Hall–Kier alpha value is -1.22. The van der Waals surface area contributed by atoms with Crippen molar-refractivity contribution >= 4 is 23.2 Å². The predicted molar refractivity (Wildman–Crippen MR) is 86.0 cm³/mol. The number of likely N-dealkylation sites (N-methyl/N-ethyl adjacent to an activating group) is 1. The maximum Gasteiger partial charge on any atom is 0.131 e. The highest BCUT2D eigenvalue weighted by Gasteiger charge is 2.38. The van der Waals surface area contributed by atoms with Crippen molar-refractivity contribution in [1.82, 2.24) is 4.90 Å². The average molecular weight is 320 g/mol. The Morgan fingerprint density at radius 2 is 1.38 bits per heavy atom. The van der Waals surface area contributed by atoms with E-state index in [9.17, 15) is 0 Å². The average Bonchev–Trinajstić information content (AvgIpc) is 2.79. The van der Waals surface area contributed by atoms with Crippen molar-refractivity contribution in [1.29, 1.82) is 0 Å². The molecule has 0 unspecified atom stereocenters. The van der Waals surface area contributed by atoms with Gasteiger partial charge >= 0.3 is 0 Å². The van der Waals surface area contributed by atoms with Gasteiger partial charge in [0.05, 0.1) is 0 Å². The maximum atomic E-state index is 6.20. The number of ether oxygens (including phenoxy) is 1. The molecule has 1 saturated heterocycles. The molecule has 1 fully saturated rings. The van der Waals surface area contributed by atoms with E-state index in [1.807, 2.05) is 36.4 Å². The fourth-order valence-electron chi connectivity index (χ4n) is 3.55. The van der Waals surface area contributed by atoms with E-state index >= 15 is 0 Å². The molecule has 2 aromatic rings. The van der Waals surface area contributed by atoms with Gasteiger partial charge in [-0.3, -0.25) is 0 Å². The number of halogens is 2. The molecule has 2 nitrogen and oxygen atoms in total. The Morgan fingerprint density at radius 1 is 0.905 bits per heavy atom. The summed E-state index contributed by atoms with van der Waals surface area (Å²) in [6.45, 7) is 2.01. The molecular weight excluding hydrogens is 305 g/mol. The lowest BCUT2D eigenvalue weighted by Gasteiger charge is -2.17. The van der Waals surface area contributed by atoms with Crippen LogP contribution in [0.3, 0.4) is 0 Å². The van der Waals surface area contributed by atoms with Gasteiger partial charge in [0.1, 0.15) is 11.5 Å². The van der Waals surface area contributed by atoms with Crippen LogP contribution in [-0.2, 0) is 0 Å². The summed E-state index contributed by atoms with van der Waals surface area (Å²) in [6.07, 6.45) is 0. The van der Waals surface area contributed by atoms with Gasteiger partial charge in [0, 0.05) is 46.1 Å². The summed E-state index contributed by atoms with van der Waals surface area (Å²) in [6, 6.07) is 11.8. The molecule has 2 aromatic carbocycles. The third-order valence-corrected chi connectivity index (χ3v) is 4.94. The SMILES string of the molecule is CN1C[C@@H]2c3cc(Cl)ccc3Oc3ccc(Cl)cc3[C@H]2C1. The Balaban J connectivity index is 1.93. The van der Waals surface area contributed by atoms with Crippen LogP contribution >= 0.6 is 23.2 Å². The van der Waals surface area contributed by atoms with E-state index in [1.54, 1.807) is 0 Å². The van der Waals surface area contributed by atoms with Crippen LogP contribution in [0, 0.1) is 0 Å². The van der Waals surface area contributed by atoms with Crippen LogP contribution in [-0.4, -0.2) is 25.0 Å². The van der Waals surface area contributed by atoms with Crippen molar-refractivity contribution in [2.24, 2.45) is 0 Å². The summed E-state index contributed by atoms with van der Waals surface area (Å²) >= 11 is 12.4. The van der Waals surface area contributed by atoms with Crippen molar-refractivity contribution in [3.05, 3.63) is 57.6 Å². The van der Waals surface area contributed by atoms with Crippen molar-refractivity contribution in [2.45, 2.75) is 11.8 Å². The van der Waals surface area contributed by atoms with Gasteiger partial charge in [0.15, 0.2) is 0 Å². The molecule has 0 aliphatic carbocycles. The third-order valence-electron chi connectivity index (χ3n) is 4.46. The Morgan fingerprint density at radius 3 is 1.86 bits per heavy atom. The summed E-state index contributed by atoms with van der Waals surface area (Å²) in [5.41, 5.74) is 2.40. The molecule has 0 radical (unpaired) electrons. The van der Waals surface area contributed by atoms with Gasteiger partial charge in [0.2, 0.25) is 0 Å². The Labute approximate surface area is 134 Å². The topological polar surface area (TPSA) is 12.5 Å². The first-order chi connectivity index (χ1) is 10.1. The van der Waals surface area contributed by atoms with E-state index in [0.717, 1.165) is 34.6 Å². The number of rotatable bonds is 0. The second-order valence-corrected chi connectivity index (χ2v) is 6.77. The lowest BCUT2D eigenvalue weighted by atomic mass is 9.84. The Bertz CT molecular complexity index is 656. The minimum absolute atomic E-state index is 0.392. The summed E-state index contributed by atoms with van der Waals surface area (Å²) < 4.78 is 6.15. The minimum atomic E-state index is 0.392. The number of hydrogen-bond acceptors (Lipinski definition) is 2. The van der Waals surface area contributed by atoms with Gasteiger partial charge < -0.3 is 9.64 Å². The van der Waals surface area contributed by atoms with Crippen molar-refractivity contribution < 1.29 is 4.74 Å². The van der Waals surface area contributed by atoms with E-state index < -0.39 is 0 Å². The van der Waals surface area contributed by atoms with Gasteiger partial charge in [-0.25, -0.2) is 0 Å². The second-order valence-electron chi connectivity index (χ2n) is 5.90. The first kappa shape index (κ1) is 13.4. The number of likely N-dealkylation sites (tertiary alicyclic amines) is 1. The van der Waals surface area contributed by atoms with E-state index in [-0.39, 0.29) is 0 Å². The fourth-order valence-corrected chi connectivity index (χ4v) is 3.91. The van der Waals surface area contributed by atoms with Gasteiger partial charge in [-0.2, -0.15) is 0 Å². The fraction of sp³-hybridized carbons (Fsp3) is 0.294. The monoisotopic (exact) mass is 319 g/mol. The molecule has 2 atom stereocenters. The van der Waals surface area contributed by atoms with Crippen LogP contribution in [0.15, 0.2) is 36.4 Å². The highest BCUT2D eigenvalue weighted by Crippen LogP contribution is 2.50. The van der Waals surface area contributed by atoms with E-state index in [0.29, 0.717) is 11.8 Å². The van der Waals surface area contributed by atoms with Crippen LogP contribution in [0.1, 0.15) is 23.0 Å².